The van der Waals surface area contributed by atoms with E-state index in [0.29, 0.717) is 11.6 Å². The van der Waals surface area contributed by atoms with E-state index in [1.165, 1.54) is 6.20 Å². The van der Waals surface area contributed by atoms with Gasteiger partial charge in [-0.25, -0.2) is 14.8 Å². The highest BCUT2D eigenvalue weighted by molar-refractivity contribution is 5.88. The summed E-state index contributed by atoms with van der Waals surface area (Å²) < 4.78 is 5.26. The van der Waals surface area contributed by atoms with E-state index in [2.05, 4.69) is 9.97 Å². The van der Waals surface area contributed by atoms with Crippen LogP contribution >= 0.6 is 0 Å². The third kappa shape index (κ3) is 2.36. The molecule has 6 heteroatoms. The number of aryl methyl sites for hydroxylation is 1. The highest BCUT2D eigenvalue weighted by Gasteiger charge is 2.24. The second-order valence-corrected chi connectivity index (χ2v) is 4.07. The average molecular weight is 237 g/mol. The molecule has 1 atom stereocenters. The van der Waals surface area contributed by atoms with E-state index in [0.717, 1.165) is 19.5 Å². The number of ether oxygens (including phenoxy) is 1. The number of carboxylic acids is 1. The Hall–Kier alpha value is -1.69. The highest BCUT2D eigenvalue weighted by Crippen LogP contribution is 2.18. The minimum absolute atomic E-state index is 0.149. The second kappa shape index (κ2) is 4.67. The van der Waals surface area contributed by atoms with Gasteiger partial charge in [-0.1, -0.05) is 0 Å². The Morgan fingerprint density at radius 1 is 1.65 bits per heavy atom. The molecule has 0 aromatic carbocycles. The number of hydrogen-bond acceptors (Lipinski definition) is 5. The van der Waals surface area contributed by atoms with E-state index in [9.17, 15) is 4.79 Å². The number of rotatable bonds is 3. The molecule has 0 radical (unpaired) electrons. The number of aromatic nitrogens is 2. The summed E-state index contributed by atoms with van der Waals surface area (Å²) in [6.07, 6.45) is 2.51. The Morgan fingerprint density at radius 3 is 2.94 bits per heavy atom. The van der Waals surface area contributed by atoms with Crippen LogP contribution in [0.25, 0.3) is 0 Å². The first kappa shape index (κ1) is 11.8. The number of nitrogens with zero attached hydrogens (tertiary/aromatic N) is 3. The van der Waals surface area contributed by atoms with Gasteiger partial charge >= 0.3 is 5.97 Å². The van der Waals surface area contributed by atoms with Crippen LogP contribution in [0, 0.1) is 6.92 Å². The quantitative estimate of drug-likeness (QED) is 0.834. The number of aromatic carboxylic acids is 1. The van der Waals surface area contributed by atoms with Crippen LogP contribution in [0.3, 0.4) is 0 Å². The monoisotopic (exact) mass is 237 g/mol. The van der Waals surface area contributed by atoms with Gasteiger partial charge in [-0.15, -0.1) is 0 Å². The van der Waals surface area contributed by atoms with E-state index >= 15 is 0 Å². The number of hydrogen-bond donors (Lipinski definition) is 1. The molecule has 1 saturated heterocycles. The van der Waals surface area contributed by atoms with Gasteiger partial charge in [-0.05, 0) is 13.3 Å². The fraction of sp³-hybridized carbons (Fsp3) is 0.545. The molecule has 17 heavy (non-hydrogen) atoms. The summed E-state index contributed by atoms with van der Waals surface area (Å²) in [7, 11) is 1.69. The first-order chi connectivity index (χ1) is 8.11. The van der Waals surface area contributed by atoms with Gasteiger partial charge in [-0.3, -0.25) is 0 Å². The Kier molecular flexibility index (Phi) is 3.23. The van der Waals surface area contributed by atoms with Gasteiger partial charge in [0.25, 0.3) is 0 Å². The van der Waals surface area contributed by atoms with Crippen LogP contribution < -0.4 is 4.90 Å². The molecule has 2 heterocycles. The van der Waals surface area contributed by atoms with Crippen LogP contribution in [-0.2, 0) is 4.74 Å². The summed E-state index contributed by atoms with van der Waals surface area (Å²) in [5.41, 5.74) is 0.639. The summed E-state index contributed by atoms with van der Waals surface area (Å²) >= 11 is 0. The molecule has 1 aliphatic heterocycles. The first-order valence-electron chi connectivity index (χ1n) is 5.46. The molecule has 0 amide bonds. The second-order valence-electron chi connectivity index (χ2n) is 4.07. The molecule has 6 nitrogen and oxygen atoms in total. The number of methoxy groups -OCH3 is 1. The molecule has 1 fully saturated rings. The van der Waals surface area contributed by atoms with Crippen molar-refractivity contribution in [2.45, 2.75) is 19.4 Å². The molecule has 0 spiro atoms. The SMILES string of the molecule is COC1CCN(c2ncc(C(=O)O)c(C)n2)C1. The van der Waals surface area contributed by atoms with Crippen molar-refractivity contribution in [1.29, 1.82) is 0 Å². The Morgan fingerprint density at radius 2 is 2.41 bits per heavy atom. The van der Waals surface area contributed by atoms with Gasteiger partial charge in [0, 0.05) is 26.4 Å². The van der Waals surface area contributed by atoms with Crippen LogP contribution in [0.4, 0.5) is 5.95 Å². The standard InChI is InChI=1S/C11H15N3O3/c1-7-9(10(15)16)5-12-11(13-7)14-4-3-8(6-14)17-2/h5,8H,3-4,6H2,1-2H3,(H,15,16). The Bertz CT molecular complexity index is 436. The maximum atomic E-state index is 10.8. The zero-order chi connectivity index (χ0) is 12.4. The summed E-state index contributed by atoms with van der Waals surface area (Å²) in [5, 5.41) is 8.89. The zero-order valence-corrected chi connectivity index (χ0v) is 9.88. The molecular weight excluding hydrogens is 222 g/mol. The van der Waals surface area contributed by atoms with Gasteiger partial charge in [0.15, 0.2) is 0 Å². The minimum atomic E-state index is -0.995. The smallest absolute Gasteiger partial charge is 0.339 e. The van der Waals surface area contributed by atoms with Crippen molar-refractivity contribution in [1.82, 2.24) is 9.97 Å². The van der Waals surface area contributed by atoms with Crippen molar-refractivity contribution in [2.24, 2.45) is 0 Å². The van der Waals surface area contributed by atoms with Crippen LogP contribution in [0.2, 0.25) is 0 Å². The maximum absolute atomic E-state index is 10.8. The molecule has 0 bridgehead atoms. The van der Waals surface area contributed by atoms with Crippen LogP contribution in [0.15, 0.2) is 6.20 Å². The van der Waals surface area contributed by atoms with Gasteiger partial charge in [0.2, 0.25) is 5.95 Å². The third-order valence-electron chi connectivity index (χ3n) is 2.96. The van der Waals surface area contributed by atoms with Crippen molar-refractivity contribution >= 4 is 11.9 Å². The van der Waals surface area contributed by atoms with Gasteiger partial charge in [0.05, 0.1) is 17.4 Å². The number of anilines is 1. The van der Waals surface area contributed by atoms with E-state index in [1.54, 1.807) is 14.0 Å². The molecular formula is C11H15N3O3. The van der Waals surface area contributed by atoms with Crippen molar-refractivity contribution in [3.05, 3.63) is 17.5 Å². The topological polar surface area (TPSA) is 75.5 Å². The van der Waals surface area contributed by atoms with Crippen molar-refractivity contribution in [3.8, 4) is 0 Å². The summed E-state index contributed by atoms with van der Waals surface area (Å²) in [6.45, 7) is 3.27. The lowest BCUT2D eigenvalue weighted by molar-refractivity contribution is 0.0695. The van der Waals surface area contributed by atoms with Gasteiger partial charge < -0.3 is 14.7 Å². The van der Waals surface area contributed by atoms with Crippen molar-refractivity contribution in [2.75, 3.05) is 25.1 Å². The average Bonchev–Trinajstić information content (AvgIpc) is 2.76. The molecule has 92 valence electrons. The fourth-order valence-corrected chi connectivity index (χ4v) is 1.92. The molecule has 1 N–H and O–H groups in total. The summed E-state index contributed by atoms with van der Waals surface area (Å²) in [6, 6.07) is 0. The largest absolute Gasteiger partial charge is 0.478 e. The molecule has 2 rings (SSSR count). The predicted molar refractivity (Wildman–Crippen MR) is 61.4 cm³/mol. The lowest BCUT2D eigenvalue weighted by atomic mass is 10.2. The van der Waals surface area contributed by atoms with Gasteiger partial charge in [0.1, 0.15) is 0 Å². The molecule has 1 aromatic rings. The Labute approximate surface area is 99.2 Å². The minimum Gasteiger partial charge on any atom is -0.478 e. The lowest BCUT2D eigenvalue weighted by Gasteiger charge is -2.16. The summed E-state index contributed by atoms with van der Waals surface area (Å²) in [4.78, 5) is 21.2. The maximum Gasteiger partial charge on any atom is 0.339 e. The lowest BCUT2D eigenvalue weighted by Crippen LogP contribution is -2.24. The number of carboxylic acid groups (broad SMARTS) is 1. The normalized spacial score (nSPS) is 19.6. The molecule has 0 saturated carbocycles. The zero-order valence-electron chi connectivity index (χ0n) is 9.88. The molecule has 1 aromatic heterocycles. The predicted octanol–water partition coefficient (Wildman–Crippen LogP) is 0.708. The van der Waals surface area contributed by atoms with E-state index in [1.807, 2.05) is 4.90 Å². The van der Waals surface area contributed by atoms with E-state index in [-0.39, 0.29) is 11.7 Å². The number of carbonyl (C=O) groups is 1. The molecule has 1 unspecified atom stereocenters. The Balaban J connectivity index is 2.18. The van der Waals surface area contributed by atoms with Crippen LogP contribution in [0.1, 0.15) is 22.5 Å². The van der Waals surface area contributed by atoms with Gasteiger partial charge in [-0.2, -0.15) is 0 Å². The highest BCUT2D eigenvalue weighted by atomic mass is 16.5. The van der Waals surface area contributed by atoms with E-state index < -0.39 is 5.97 Å². The van der Waals surface area contributed by atoms with E-state index in [4.69, 9.17) is 9.84 Å². The van der Waals surface area contributed by atoms with Crippen LogP contribution in [-0.4, -0.2) is 47.3 Å². The fourth-order valence-electron chi connectivity index (χ4n) is 1.92. The van der Waals surface area contributed by atoms with Crippen LogP contribution in [0.5, 0.6) is 0 Å². The third-order valence-corrected chi connectivity index (χ3v) is 2.96. The van der Waals surface area contributed by atoms with Crippen molar-refractivity contribution in [3.63, 3.8) is 0 Å². The molecule has 1 aliphatic rings. The first-order valence-corrected chi connectivity index (χ1v) is 5.46. The molecule has 0 aliphatic carbocycles. The summed E-state index contributed by atoms with van der Waals surface area (Å²) in [5.74, 6) is -0.419. The van der Waals surface area contributed by atoms with Crippen molar-refractivity contribution < 1.29 is 14.6 Å².